The van der Waals surface area contributed by atoms with Gasteiger partial charge in [0, 0.05) is 5.56 Å². The first kappa shape index (κ1) is 8.84. The third-order valence-corrected chi connectivity index (χ3v) is 1.87. The van der Waals surface area contributed by atoms with Crippen molar-refractivity contribution < 1.29 is 14.9 Å². The summed E-state index contributed by atoms with van der Waals surface area (Å²) in [6.07, 6.45) is 2.94. The van der Waals surface area contributed by atoms with Gasteiger partial charge in [0.1, 0.15) is 0 Å². The smallest absolute Gasteiger partial charge is 0.195 e. The van der Waals surface area contributed by atoms with E-state index in [0.717, 1.165) is 5.56 Å². The van der Waals surface area contributed by atoms with Crippen LogP contribution in [0.25, 0.3) is 6.08 Å². The summed E-state index contributed by atoms with van der Waals surface area (Å²) in [7, 11) is 0. The molecule has 1 radical (unpaired) electrons. The second kappa shape index (κ2) is 3.55. The van der Waals surface area contributed by atoms with E-state index in [1.54, 1.807) is 12.1 Å². The second-order valence-electron chi connectivity index (χ2n) is 2.80. The van der Waals surface area contributed by atoms with E-state index in [1.807, 2.05) is 18.2 Å². The van der Waals surface area contributed by atoms with Gasteiger partial charge in [0.2, 0.25) is 0 Å². The molecule has 0 unspecified atom stereocenters. The molecule has 1 aliphatic rings. The molecule has 3 nitrogen and oxygen atoms in total. The number of para-hydroxylation sites is 1. The molecule has 0 amide bonds. The van der Waals surface area contributed by atoms with E-state index in [9.17, 15) is 5.11 Å². The lowest BCUT2D eigenvalue weighted by Gasteiger charge is -2.17. The Balaban J connectivity index is 2.35. The molecule has 1 N–H and O–H groups in total. The van der Waals surface area contributed by atoms with Gasteiger partial charge >= 0.3 is 0 Å². The van der Waals surface area contributed by atoms with Crippen LogP contribution in [0.1, 0.15) is 5.56 Å². The second-order valence-corrected chi connectivity index (χ2v) is 2.80. The zero-order valence-corrected chi connectivity index (χ0v) is 7.43. The summed E-state index contributed by atoms with van der Waals surface area (Å²) < 4.78 is 0. The molecule has 3 heteroatoms. The summed E-state index contributed by atoms with van der Waals surface area (Å²) in [5.41, 5.74) is 0.863. The normalized spacial score (nSPS) is 13.7. The molecule has 0 saturated carbocycles. The van der Waals surface area contributed by atoms with Gasteiger partial charge in [-0.15, -0.1) is 0 Å². The lowest BCUT2D eigenvalue weighted by Crippen LogP contribution is -2.09. The number of aliphatic hydroxyl groups excluding tert-OH is 1. The van der Waals surface area contributed by atoms with E-state index in [1.165, 1.54) is 6.08 Å². The van der Waals surface area contributed by atoms with E-state index in [0.29, 0.717) is 5.75 Å². The van der Waals surface area contributed by atoms with Gasteiger partial charge in [-0.05, 0) is 18.2 Å². The summed E-state index contributed by atoms with van der Waals surface area (Å²) in [5, 5.41) is 9.33. The average Bonchev–Trinajstić information content (AvgIpc) is 2.27. The fraction of sp³-hybridized carbons (Fsp3) is 0. The van der Waals surface area contributed by atoms with E-state index in [4.69, 9.17) is 9.78 Å². The van der Waals surface area contributed by atoms with Gasteiger partial charge in [-0.25, -0.2) is 0 Å². The van der Waals surface area contributed by atoms with Crippen molar-refractivity contribution in [1.82, 2.24) is 0 Å². The highest BCUT2D eigenvalue weighted by Gasteiger charge is 2.18. The summed E-state index contributed by atoms with van der Waals surface area (Å²) in [5.74, 6) is 0.895. The lowest BCUT2D eigenvalue weighted by atomic mass is 10.1. The minimum absolute atomic E-state index is 0.0421. The number of benzene rings is 1. The number of rotatable bonds is 2. The van der Waals surface area contributed by atoms with Crippen LogP contribution in [-0.2, 0) is 4.89 Å². The topological polar surface area (TPSA) is 38.7 Å². The van der Waals surface area contributed by atoms with Crippen LogP contribution in [0.4, 0.5) is 0 Å². The maximum Gasteiger partial charge on any atom is 0.195 e. The third-order valence-electron chi connectivity index (χ3n) is 1.87. The van der Waals surface area contributed by atoms with Crippen molar-refractivity contribution in [3.63, 3.8) is 0 Å². The maximum absolute atomic E-state index is 9.33. The molecule has 1 aromatic carbocycles. The Hall–Kier alpha value is -1.74. The molecular formula is C11H9O3. The highest BCUT2D eigenvalue weighted by molar-refractivity contribution is 5.62. The number of aliphatic hydroxyl groups is 1. The highest BCUT2D eigenvalue weighted by atomic mass is 17.2. The van der Waals surface area contributed by atoms with Crippen molar-refractivity contribution in [1.29, 1.82) is 0 Å². The zero-order valence-electron chi connectivity index (χ0n) is 7.43. The fourth-order valence-electron chi connectivity index (χ4n) is 1.15. The van der Waals surface area contributed by atoms with Gasteiger partial charge in [-0.1, -0.05) is 24.8 Å². The molecule has 0 bridgehead atoms. The van der Waals surface area contributed by atoms with Crippen LogP contribution in [-0.4, -0.2) is 5.11 Å². The minimum Gasteiger partial charge on any atom is -0.374 e. The summed E-state index contributed by atoms with van der Waals surface area (Å²) in [6.45, 7) is 3.43. The first-order chi connectivity index (χ1) is 6.81. The SMILES string of the molecule is C=C[C](O)C1=Cc2ccccc2OO1. The largest absolute Gasteiger partial charge is 0.374 e. The lowest BCUT2D eigenvalue weighted by molar-refractivity contribution is -0.172. The molecule has 1 aliphatic heterocycles. The molecule has 14 heavy (non-hydrogen) atoms. The van der Waals surface area contributed by atoms with E-state index < -0.39 is 0 Å². The van der Waals surface area contributed by atoms with Crippen molar-refractivity contribution in [2.75, 3.05) is 0 Å². The molecule has 71 valence electrons. The Morgan fingerprint density at radius 2 is 2.07 bits per heavy atom. The van der Waals surface area contributed by atoms with Crippen LogP contribution < -0.4 is 4.89 Å². The van der Waals surface area contributed by atoms with Crippen LogP contribution in [0.3, 0.4) is 0 Å². The third kappa shape index (κ3) is 1.49. The number of hydrogen-bond acceptors (Lipinski definition) is 3. The van der Waals surface area contributed by atoms with Crippen LogP contribution in [0.2, 0.25) is 0 Å². The molecule has 0 saturated heterocycles. The van der Waals surface area contributed by atoms with Gasteiger partial charge in [-0.2, -0.15) is 0 Å². The summed E-state index contributed by atoms with van der Waals surface area (Å²) in [4.78, 5) is 9.82. The van der Waals surface area contributed by atoms with Gasteiger partial charge in [0.15, 0.2) is 17.6 Å². The van der Waals surface area contributed by atoms with Gasteiger partial charge in [0.25, 0.3) is 0 Å². The van der Waals surface area contributed by atoms with Crippen LogP contribution >= 0.6 is 0 Å². The monoisotopic (exact) mass is 189 g/mol. The first-order valence-electron chi connectivity index (χ1n) is 4.15. The van der Waals surface area contributed by atoms with Crippen molar-refractivity contribution in [2.24, 2.45) is 0 Å². The van der Waals surface area contributed by atoms with Crippen molar-refractivity contribution in [2.45, 2.75) is 0 Å². The number of fused-ring (bicyclic) bond motifs is 1. The van der Waals surface area contributed by atoms with E-state index in [2.05, 4.69) is 6.58 Å². The molecule has 0 aliphatic carbocycles. The first-order valence-corrected chi connectivity index (χ1v) is 4.15. The Labute approximate surface area is 81.8 Å². The number of hydrogen-bond donors (Lipinski definition) is 1. The quantitative estimate of drug-likeness (QED) is 0.726. The Kier molecular flexibility index (Phi) is 2.24. The minimum atomic E-state index is -0.0421. The van der Waals surface area contributed by atoms with Crippen LogP contribution in [0.5, 0.6) is 5.75 Å². The predicted octanol–water partition coefficient (Wildman–Crippen LogP) is 2.44. The van der Waals surface area contributed by atoms with Gasteiger partial charge < -0.3 is 5.11 Å². The molecule has 1 heterocycles. The van der Waals surface area contributed by atoms with Crippen molar-refractivity contribution in [3.8, 4) is 5.75 Å². The molecule has 0 spiro atoms. The molecule has 0 aromatic heterocycles. The molecule has 1 aromatic rings. The zero-order chi connectivity index (χ0) is 9.97. The Morgan fingerprint density at radius 1 is 1.29 bits per heavy atom. The van der Waals surface area contributed by atoms with E-state index in [-0.39, 0.29) is 11.9 Å². The maximum atomic E-state index is 9.33. The molecule has 2 rings (SSSR count). The molecule has 0 atom stereocenters. The standard InChI is InChI=1S/C11H9O3/c1-2-9(12)11-7-8-5-3-4-6-10(8)13-14-11/h2-7,12H,1H2. The van der Waals surface area contributed by atoms with Gasteiger partial charge in [-0.3, -0.25) is 9.78 Å². The molecule has 0 fully saturated rings. The Bertz CT molecular complexity index is 382. The molecular weight excluding hydrogens is 180 g/mol. The Morgan fingerprint density at radius 3 is 2.86 bits per heavy atom. The van der Waals surface area contributed by atoms with Crippen LogP contribution in [0, 0.1) is 6.10 Å². The predicted molar refractivity (Wildman–Crippen MR) is 51.5 cm³/mol. The summed E-state index contributed by atoms with van der Waals surface area (Å²) in [6, 6.07) is 7.38. The van der Waals surface area contributed by atoms with Crippen LogP contribution in [0.15, 0.2) is 42.7 Å². The van der Waals surface area contributed by atoms with Gasteiger partial charge in [0.05, 0.1) is 0 Å². The average molecular weight is 189 g/mol. The summed E-state index contributed by atoms with van der Waals surface area (Å²) >= 11 is 0. The van der Waals surface area contributed by atoms with Crippen molar-refractivity contribution in [3.05, 3.63) is 54.3 Å². The van der Waals surface area contributed by atoms with E-state index >= 15 is 0 Å². The highest BCUT2D eigenvalue weighted by Crippen LogP contribution is 2.29. The van der Waals surface area contributed by atoms with Crippen molar-refractivity contribution >= 4 is 6.08 Å². The fourth-order valence-corrected chi connectivity index (χ4v) is 1.15.